The van der Waals surface area contributed by atoms with Crippen molar-refractivity contribution in [1.82, 2.24) is 5.32 Å². The van der Waals surface area contributed by atoms with E-state index in [2.05, 4.69) is 17.6 Å². The molecule has 4 N–H and O–H groups in total. The average molecular weight is 275 g/mol. The smallest absolute Gasteiger partial charge is 0.253 e. The van der Waals surface area contributed by atoms with Gasteiger partial charge in [0.1, 0.15) is 0 Å². The van der Waals surface area contributed by atoms with Gasteiger partial charge < -0.3 is 16.4 Å². The minimum atomic E-state index is -0.0427. The lowest BCUT2D eigenvalue weighted by atomic mass is 9.87. The van der Waals surface area contributed by atoms with E-state index in [1.54, 1.807) is 12.1 Å². The van der Waals surface area contributed by atoms with Crippen LogP contribution in [0.5, 0.6) is 0 Å². The van der Waals surface area contributed by atoms with Crippen LogP contribution in [0.1, 0.15) is 49.9 Å². The lowest BCUT2D eigenvalue weighted by Gasteiger charge is -2.29. The van der Waals surface area contributed by atoms with Gasteiger partial charge in [-0.15, -0.1) is 0 Å². The van der Waals surface area contributed by atoms with Gasteiger partial charge in [0, 0.05) is 24.0 Å². The molecular formula is C16H25N3O. The molecule has 20 heavy (non-hydrogen) atoms. The fraction of sp³-hybridized carbons (Fsp3) is 0.562. The topological polar surface area (TPSA) is 67.2 Å². The van der Waals surface area contributed by atoms with Crippen LogP contribution in [0.3, 0.4) is 0 Å². The Morgan fingerprint density at radius 3 is 2.90 bits per heavy atom. The van der Waals surface area contributed by atoms with Gasteiger partial charge in [-0.05, 0) is 43.9 Å². The molecule has 2 rings (SSSR count). The van der Waals surface area contributed by atoms with Crippen molar-refractivity contribution in [2.24, 2.45) is 5.92 Å². The normalized spacial score (nSPS) is 22.3. The fourth-order valence-electron chi connectivity index (χ4n) is 2.92. The van der Waals surface area contributed by atoms with Crippen molar-refractivity contribution in [3.05, 3.63) is 23.8 Å². The van der Waals surface area contributed by atoms with E-state index < -0.39 is 0 Å². The third kappa shape index (κ3) is 3.65. The molecule has 0 radical (unpaired) electrons. The summed E-state index contributed by atoms with van der Waals surface area (Å²) in [4.78, 5) is 12.1. The van der Waals surface area contributed by atoms with Crippen LogP contribution in [0.15, 0.2) is 18.2 Å². The molecule has 2 atom stereocenters. The van der Waals surface area contributed by atoms with Crippen molar-refractivity contribution >= 4 is 17.3 Å². The monoisotopic (exact) mass is 275 g/mol. The van der Waals surface area contributed by atoms with Crippen molar-refractivity contribution in [2.45, 2.75) is 45.6 Å². The summed E-state index contributed by atoms with van der Waals surface area (Å²) in [7, 11) is 0. The Kier molecular flexibility index (Phi) is 4.88. The quantitative estimate of drug-likeness (QED) is 0.740. The van der Waals surface area contributed by atoms with Crippen LogP contribution in [0.4, 0.5) is 11.4 Å². The van der Waals surface area contributed by atoms with Gasteiger partial charge in [0.25, 0.3) is 5.91 Å². The van der Waals surface area contributed by atoms with Crippen LogP contribution < -0.4 is 16.4 Å². The SMILES string of the molecule is CCNC(=O)c1ccc(N)cc1NC1CCCC(C)C1. The number of benzene rings is 1. The molecule has 1 saturated carbocycles. The van der Waals surface area contributed by atoms with Crippen molar-refractivity contribution in [1.29, 1.82) is 0 Å². The van der Waals surface area contributed by atoms with E-state index in [1.807, 2.05) is 13.0 Å². The van der Waals surface area contributed by atoms with Gasteiger partial charge in [0.2, 0.25) is 0 Å². The average Bonchev–Trinajstić information content (AvgIpc) is 2.39. The van der Waals surface area contributed by atoms with E-state index in [0.29, 0.717) is 23.8 Å². The highest BCUT2D eigenvalue weighted by Crippen LogP contribution is 2.28. The van der Waals surface area contributed by atoms with Crippen molar-refractivity contribution in [3.8, 4) is 0 Å². The molecule has 0 heterocycles. The number of hydrogen-bond acceptors (Lipinski definition) is 3. The van der Waals surface area contributed by atoms with E-state index in [9.17, 15) is 4.79 Å². The first-order valence-electron chi connectivity index (χ1n) is 7.54. The predicted molar refractivity (Wildman–Crippen MR) is 83.9 cm³/mol. The molecular weight excluding hydrogens is 250 g/mol. The summed E-state index contributed by atoms with van der Waals surface area (Å²) in [6, 6.07) is 5.88. The zero-order valence-electron chi connectivity index (χ0n) is 12.4. The second kappa shape index (κ2) is 6.64. The number of hydrogen-bond donors (Lipinski definition) is 3. The second-order valence-corrected chi connectivity index (χ2v) is 5.78. The van der Waals surface area contributed by atoms with Crippen LogP contribution in [0.2, 0.25) is 0 Å². The molecule has 4 heteroatoms. The molecule has 2 unspecified atom stereocenters. The Balaban J connectivity index is 2.16. The van der Waals surface area contributed by atoms with Crippen LogP contribution in [-0.4, -0.2) is 18.5 Å². The number of nitrogen functional groups attached to an aromatic ring is 1. The molecule has 1 aliphatic carbocycles. The Morgan fingerprint density at radius 2 is 2.20 bits per heavy atom. The number of amides is 1. The Morgan fingerprint density at radius 1 is 1.40 bits per heavy atom. The fourth-order valence-corrected chi connectivity index (χ4v) is 2.92. The molecule has 4 nitrogen and oxygen atoms in total. The zero-order chi connectivity index (χ0) is 14.5. The molecule has 0 saturated heterocycles. The third-order valence-corrected chi connectivity index (χ3v) is 3.92. The van der Waals surface area contributed by atoms with Gasteiger partial charge in [-0.25, -0.2) is 0 Å². The summed E-state index contributed by atoms with van der Waals surface area (Å²) in [5.74, 6) is 0.703. The minimum absolute atomic E-state index is 0.0427. The number of carbonyl (C=O) groups is 1. The highest BCUT2D eigenvalue weighted by molar-refractivity contribution is 6.00. The Bertz CT molecular complexity index is 473. The molecule has 1 aromatic rings. The number of nitrogens with two attached hydrogens (primary N) is 1. The Labute approximate surface area is 121 Å². The summed E-state index contributed by atoms with van der Waals surface area (Å²) in [6.45, 7) is 4.84. The van der Waals surface area contributed by atoms with Crippen molar-refractivity contribution < 1.29 is 4.79 Å². The van der Waals surface area contributed by atoms with E-state index >= 15 is 0 Å². The molecule has 0 spiro atoms. The van der Waals surface area contributed by atoms with Crippen molar-refractivity contribution in [2.75, 3.05) is 17.6 Å². The summed E-state index contributed by atoms with van der Waals surface area (Å²) in [6.07, 6.45) is 4.87. The maximum Gasteiger partial charge on any atom is 0.253 e. The van der Waals surface area contributed by atoms with Crippen LogP contribution in [0, 0.1) is 5.92 Å². The van der Waals surface area contributed by atoms with E-state index in [1.165, 1.54) is 12.8 Å². The second-order valence-electron chi connectivity index (χ2n) is 5.78. The summed E-state index contributed by atoms with van der Waals surface area (Å²) in [5.41, 5.74) is 8.08. The standard InChI is InChI=1S/C16H25N3O/c1-3-18-16(20)14-8-7-12(17)10-15(14)19-13-6-4-5-11(2)9-13/h7-8,10-11,13,19H,3-6,9,17H2,1-2H3,(H,18,20). The molecule has 1 amide bonds. The Hall–Kier alpha value is -1.71. The lowest BCUT2D eigenvalue weighted by molar-refractivity contribution is 0.0956. The molecule has 0 aromatic heterocycles. The molecule has 0 aliphatic heterocycles. The summed E-state index contributed by atoms with van der Waals surface area (Å²) >= 11 is 0. The minimum Gasteiger partial charge on any atom is -0.399 e. The third-order valence-electron chi connectivity index (χ3n) is 3.92. The summed E-state index contributed by atoms with van der Waals surface area (Å²) < 4.78 is 0. The first-order valence-corrected chi connectivity index (χ1v) is 7.54. The van der Waals surface area contributed by atoms with E-state index in [0.717, 1.165) is 24.4 Å². The van der Waals surface area contributed by atoms with Gasteiger partial charge in [0.05, 0.1) is 5.56 Å². The van der Waals surface area contributed by atoms with E-state index in [-0.39, 0.29) is 5.91 Å². The van der Waals surface area contributed by atoms with Gasteiger partial charge >= 0.3 is 0 Å². The van der Waals surface area contributed by atoms with Crippen LogP contribution in [0.25, 0.3) is 0 Å². The van der Waals surface area contributed by atoms with Gasteiger partial charge in [-0.3, -0.25) is 4.79 Å². The van der Waals surface area contributed by atoms with Crippen LogP contribution >= 0.6 is 0 Å². The van der Waals surface area contributed by atoms with Gasteiger partial charge in [-0.2, -0.15) is 0 Å². The van der Waals surface area contributed by atoms with E-state index in [4.69, 9.17) is 5.73 Å². The number of carbonyl (C=O) groups excluding carboxylic acids is 1. The largest absolute Gasteiger partial charge is 0.399 e. The first kappa shape index (κ1) is 14.7. The first-order chi connectivity index (χ1) is 9.60. The predicted octanol–water partition coefficient (Wildman–Crippen LogP) is 3.01. The van der Waals surface area contributed by atoms with Crippen molar-refractivity contribution in [3.63, 3.8) is 0 Å². The van der Waals surface area contributed by atoms with Gasteiger partial charge in [-0.1, -0.05) is 19.8 Å². The zero-order valence-corrected chi connectivity index (χ0v) is 12.4. The number of rotatable bonds is 4. The lowest BCUT2D eigenvalue weighted by Crippen LogP contribution is -2.29. The molecule has 1 aliphatic rings. The van der Waals surface area contributed by atoms with Gasteiger partial charge in [0.15, 0.2) is 0 Å². The molecule has 1 fully saturated rings. The number of anilines is 2. The molecule has 110 valence electrons. The molecule has 1 aromatic carbocycles. The van der Waals surface area contributed by atoms with Crippen LogP contribution in [-0.2, 0) is 0 Å². The highest BCUT2D eigenvalue weighted by atomic mass is 16.1. The highest BCUT2D eigenvalue weighted by Gasteiger charge is 2.20. The number of nitrogens with one attached hydrogen (secondary N) is 2. The summed E-state index contributed by atoms with van der Waals surface area (Å²) in [5, 5.41) is 6.37. The maximum absolute atomic E-state index is 12.1. The molecule has 0 bridgehead atoms. The maximum atomic E-state index is 12.1.